The topological polar surface area (TPSA) is 63.1 Å². The van der Waals surface area contributed by atoms with Crippen LogP contribution < -0.4 is 5.56 Å². The Morgan fingerprint density at radius 1 is 1.41 bits per heavy atom. The first-order chi connectivity index (χ1) is 8.28. The lowest BCUT2D eigenvalue weighted by Gasteiger charge is -2.06. The Kier molecular flexibility index (Phi) is 2.46. The summed E-state index contributed by atoms with van der Waals surface area (Å²) in [6, 6.07) is 1.65. The summed E-state index contributed by atoms with van der Waals surface area (Å²) in [4.78, 5) is 20.8. The molecule has 0 aliphatic heterocycles. The summed E-state index contributed by atoms with van der Waals surface area (Å²) in [5, 5.41) is 2.96. The van der Waals surface area contributed by atoms with Gasteiger partial charge in [-0.15, -0.1) is 0 Å². The molecule has 0 bridgehead atoms. The van der Waals surface area contributed by atoms with Crippen molar-refractivity contribution in [2.45, 2.75) is 44.9 Å². The van der Waals surface area contributed by atoms with E-state index in [1.165, 1.54) is 17.4 Å². The number of aryl methyl sites for hydroxylation is 1. The molecule has 2 aromatic heterocycles. The molecule has 1 saturated carbocycles. The molecule has 90 valence electrons. The third-order valence-corrected chi connectivity index (χ3v) is 3.51. The van der Waals surface area contributed by atoms with Gasteiger partial charge in [-0.25, -0.2) is 4.98 Å². The second-order valence-electron chi connectivity index (χ2n) is 4.66. The van der Waals surface area contributed by atoms with Crippen LogP contribution in [0.25, 0.3) is 5.78 Å². The third kappa shape index (κ3) is 1.75. The normalized spacial score (nSPS) is 17.0. The summed E-state index contributed by atoms with van der Waals surface area (Å²) in [6.07, 6.45) is 5.56. The Morgan fingerprint density at radius 3 is 2.88 bits per heavy atom. The van der Waals surface area contributed by atoms with Crippen LogP contribution >= 0.6 is 0 Å². The number of hydrogen-bond donors (Lipinski definition) is 1. The molecule has 0 saturated heterocycles. The number of nitrogens with one attached hydrogen (secondary N) is 1. The second-order valence-corrected chi connectivity index (χ2v) is 4.66. The van der Waals surface area contributed by atoms with Crippen molar-refractivity contribution in [2.24, 2.45) is 0 Å². The van der Waals surface area contributed by atoms with Gasteiger partial charge >= 0.3 is 0 Å². The van der Waals surface area contributed by atoms with E-state index in [2.05, 4.69) is 15.1 Å². The molecule has 1 fully saturated rings. The van der Waals surface area contributed by atoms with Gasteiger partial charge in [-0.1, -0.05) is 19.8 Å². The minimum atomic E-state index is -0.0518. The SMILES string of the molecule is CCc1nc2nc(C3CCCC3)cc(=O)n2[nH]1. The standard InChI is InChI=1S/C12H16N4O/c1-2-10-14-12-13-9(8-5-3-4-6-8)7-11(17)16(12)15-10/h7-8H,2-6H2,1H3,(H,13,14,15). The largest absolute Gasteiger partial charge is 0.275 e. The van der Waals surface area contributed by atoms with E-state index >= 15 is 0 Å². The number of aromatic amines is 1. The summed E-state index contributed by atoms with van der Waals surface area (Å²) in [7, 11) is 0. The zero-order chi connectivity index (χ0) is 11.8. The molecule has 0 spiro atoms. The maximum absolute atomic E-state index is 11.9. The molecule has 0 amide bonds. The molecule has 0 atom stereocenters. The molecule has 3 rings (SSSR count). The van der Waals surface area contributed by atoms with Crippen LogP contribution in [0.4, 0.5) is 0 Å². The number of rotatable bonds is 2. The Balaban J connectivity index is 2.12. The van der Waals surface area contributed by atoms with Crippen molar-refractivity contribution in [3.63, 3.8) is 0 Å². The minimum absolute atomic E-state index is 0.0518. The maximum atomic E-state index is 11.9. The molecule has 17 heavy (non-hydrogen) atoms. The van der Waals surface area contributed by atoms with Crippen molar-refractivity contribution in [1.29, 1.82) is 0 Å². The van der Waals surface area contributed by atoms with Crippen LogP contribution in [0.2, 0.25) is 0 Å². The molecule has 2 aromatic rings. The van der Waals surface area contributed by atoms with Gasteiger partial charge < -0.3 is 0 Å². The van der Waals surface area contributed by atoms with E-state index < -0.39 is 0 Å². The van der Waals surface area contributed by atoms with Gasteiger partial charge in [0.15, 0.2) is 0 Å². The summed E-state index contributed by atoms with van der Waals surface area (Å²) in [5.41, 5.74) is 0.866. The zero-order valence-corrected chi connectivity index (χ0v) is 9.94. The van der Waals surface area contributed by atoms with E-state index in [1.807, 2.05) is 6.92 Å². The van der Waals surface area contributed by atoms with Gasteiger partial charge in [0.2, 0.25) is 0 Å². The maximum Gasteiger partial charge on any atom is 0.274 e. The van der Waals surface area contributed by atoms with E-state index in [1.54, 1.807) is 6.07 Å². The molecule has 1 aliphatic rings. The van der Waals surface area contributed by atoms with Crippen LogP contribution in [-0.2, 0) is 6.42 Å². The Hall–Kier alpha value is -1.65. The fourth-order valence-electron chi connectivity index (χ4n) is 2.53. The molecule has 1 N–H and O–H groups in total. The van der Waals surface area contributed by atoms with Crippen LogP contribution in [0.5, 0.6) is 0 Å². The van der Waals surface area contributed by atoms with Crippen molar-refractivity contribution in [3.8, 4) is 0 Å². The van der Waals surface area contributed by atoms with Gasteiger partial charge in [0, 0.05) is 18.4 Å². The summed E-state index contributed by atoms with van der Waals surface area (Å²) < 4.78 is 1.43. The first-order valence-corrected chi connectivity index (χ1v) is 6.26. The smallest absolute Gasteiger partial charge is 0.274 e. The molecule has 1 aliphatic carbocycles. The lowest BCUT2D eigenvalue weighted by Crippen LogP contribution is -2.16. The van der Waals surface area contributed by atoms with Crippen molar-refractivity contribution in [3.05, 3.63) is 27.9 Å². The average Bonchev–Trinajstić information content (AvgIpc) is 2.97. The van der Waals surface area contributed by atoms with Crippen molar-refractivity contribution in [2.75, 3.05) is 0 Å². The van der Waals surface area contributed by atoms with Crippen LogP contribution in [-0.4, -0.2) is 19.6 Å². The number of hydrogen-bond acceptors (Lipinski definition) is 3. The third-order valence-electron chi connectivity index (χ3n) is 3.51. The predicted molar refractivity (Wildman–Crippen MR) is 64.2 cm³/mol. The molecule has 5 heteroatoms. The molecule has 2 heterocycles. The zero-order valence-electron chi connectivity index (χ0n) is 9.94. The van der Waals surface area contributed by atoms with Gasteiger partial charge in [0.25, 0.3) is 11.3 Å². The highest BCUT2D eigenvalue weighted by atomic mass is 16.1. The highest BCUT2D eigenvalue weighted by Gasteiger charge is 2.20. The van der Waals surface area contributed by atoms with E-state index in [0.717, 1.165) is 30.8 Å². The first kappa shape index (κ1) is 10.5. The highest BCUT2D eigenvalue weighted by Crippen LogP contribution is 2.32. The Bertz CT molecular complexity index is 592. The highest BCUT2D eigenvalue weighted by molar-refractivity contribution is 5.29. The quantitative estimate of drug-likeness (QED) is 0.856. The fourth-order valence-corrected chi connectivity index (χ4v) is 2.53. The summed E-state index contributed by atoms with van der Waals surface area (Å²) in [6.45, 7) is 2.00. The molecule has 0 unspecified atom stereocenters. The van der Waals surface area contributed by atoms with Crippen LogP contribution in [0.15, 0.2) is 10.9 Å². The number of nitrogens with zero attached hydrogens (tertiary/aromatic N) is 3. The molecular weight excluding hydrogens is 216 g/mol. The van der Waals surface area contributed by atoms with E-state index in [9.17, 15) is 4.79 Å². The monoisotopic (exact) mass is 232 g/mol. The van der Waals surface area contributed by atoms with Gasteiger partial charge in [-0.05, 0) is 12.8 Å². The van der Waals surface area contributed by atoms with Crippen molar-refractivity contribution >= 4 is 5.78 Å². The second kappa shape index (κ2) is 3.98. The van der Waals surface area contributed by atoms with Crippen molar-refractivity contribution < 1.29 is 0 Å². The Morgan fingerprint density at radius 2 is 2.18 bits per heavy atom. The number of H-pyrrole nitrogens is 1. The van der Waals surface area contributed by atoms with Gasteiger partial charge in [-0.2, -0.15) is 9.50 Å². The van der Waals surface area contributed by atoms with Crippen LogP contribution in [0.3, 0.4) is 0 Å². The fraction of sp³-hybridized carbons (Fsp3) is 0.583. The summed E-state index contributed by atoms with van der Waals surface area (Å²) >= 11 is 0. The van der Waals surface area contributed by atoms with Gasteiger partial charge in [0.1, 0.15) is 5.82 Å². The molecular formula is C12H16N4O. The van der Waals surface area contributed by atoms with Gasteiger partial charge in [-0.3, -0.25) is 9.89 Å². The predicted octanol–water partition coefficient (Wildman–Crippen LogP) is 1.64. The van der Waals surface area contributed by atoms with E-state index in [-0.39, 0.29) is 5.56 Å². The van der Waals surface area contributed by atoms with E-state index in [0.29, 0.717) is 11.7 Å². The molecule has 0 aromatic carbocycles. The minimum Gasteiger partial charge on any atom is -0.275 e. The van der Waals surface area contributed by atoms with Crippen LogP contribution in [0.1, 0.15) is 50.0 Å². The van der Waals surface area contributed by atoms with E-state index in [4.69, 9.17) is 0 Å². The lowest BCUT2D eigenvalue weighted by molar-refractivity contribution is 0.690. The number of fused-ring (bicyclic) bond motifs is 1. The molecule has 5 nitrogen and oxygen atoms in total. The van der Waals surface area contributed by atoms with Gasteiger partial charge in [0.05, 0.1) is 5.69 Å². The summed E-state index contributed by atoms with van der Waals surface area (Å²) in [5.74, 6) is 1.77. The first-order valence-electron chi connectivity index (χ1n) is 6.26. The Labute approximate surface area is 98.9 Å². The number of aromatic nitrogens is 4. The lowest BCUT2D eigenvalue weighted by atomic mass is 10.0. The average molecular weight is 232 g/mol. The van der Waals surface area contributed by atoms with Crippen LogP contribution in [0, 0.1) is 0 Å². The molecule has 0 radical (unpaired) electrons. The van der Waals surface area contributed by atoms with Crippen molar-refractivity contribution in [1.82, 2.24) is 19.6 Å².